The minimum Gasteiger partial charge on any atom is -0.391 e. The van der Waals surface area contributed by atoms with E-state index in [1.54, 1.807) is 11.1 Å². The van der Waals surface area contributed by atoms with Crippen LogP contribution in [0, 0.1) is 6.92 Å². The normalized spacial score (nSPS) is 17.8. The molecule has 2 aromatic rings. The van der Waals surface area contributed by atoms with E-state index in [2.05, 4.69) is 41.0 Å². The van der Waals surface area contributed by atoms with Crippen LogP contribution in [0.2, 0.25) is 0 Å². The Labute approximate surface area is 151 Å². The monoisotopic (exact) mass is 361 g/mol. The average molecular weight is 361 g/mol. The summed E-state index contributed by atoms with van der Waals surface area (Å²) in [4.78, 5) is 28.2. The van der Waals surface area contributed by atoms with E-state index in [9.17, 15) is 9.90 Å². The number of aliphatic hydroxyl groups excluding tert-OH is 1. The first kappa shape index (κ1) is 17.8. The largest absolute Gasteiger partial charge is 0.391 e. The molecule has 2 aromatic heterocycles. The quantitative estimate of drug-likeness (QED) is 0.858. The van der Waals surface area contributed by atoms with Crippen molar-refractivity contribution in [1.29, 1.82) is 0 Å². The van der Waals surface area contributed by atoms with E-state index in [0.29, 0.717) is 24.6 Å². The number of β-amino-alcohol motifs (C(OH)–C–C–N with tert-alkyl or cyclic N) is 1. The van der Waals surface area contributed by atoms with Crippen molar-refractivity contribution in [2.24, 2.45) is 0 Å². The van der Waals surface area contributed by atoms with E-state index < -0.39 is 6.10 Å². The maximum Gasteiger partial charge on any atom is 0.323 e. The number of aromatic nitrogens is 3. The van der Waals surface area contributed by atoms with Crippen molar-refractivity contribution < 1.29 is 9.90 Å². The number of anilines is 1. The van der Waals surface area contributed by atoms with Gasteiger partial charge in [-0.05, 0) is 19.4 Å². The van der Waals surface area contributed by atoms with Gasteiger partial charge in [-0.25, -0.2) is 19.7 Å². The maximum absolute atomic E-state index is 12.2. The Morgan fingerprint density at radius 1 is 1.40 bits per heavy atom. The van der Waals surface area contributed by atoms with Crippen LogP contribution in [0.15, 0.2) is 12.3 Å². The third kappa shape index (κ3) is 3.96. The topological polar surface area (TPSA) is 91.2 Å². The highest BCUT2D eigenvalue weighted by molar-refractivity contribution is 7.19. The summed E-state index contributed by atoms with van der Waals surface area (Å²) >= 11 is 1.40. The van der Waals surface area contributed by atoms with Crippen LogP contribution < -0.4 is 5.32 Å². The summed E-state index contributed by atoms with van der Waals surface area (Å²) in [6.07, 6.45) is 1.94. The number of carbonyl (C=O) groups excluding carboxylic acids is 1. The summed E-state index contributed by atoms with van der Waals surface area (Å²) in [6.45, 7) is 9.04. The number of amides is 2. The molecule has 0 radical (unpaired) electrons. The molecule has 8 heteroatoms. The van der Waals surface area contributed by atoms with Gasteiger partial charge in [-0.3, -0.25) is 5.32 Å². The molecule has 1 aliphatic heterocycles. The first-order valence-corrected chi connectivity index (χ1v) is 9.11. The first-order valence-electron chi connectivity index (χ1n) is 8.29. The van der Waals surface area contributed by atoms with Gasteiger partial charge in [0.1, 0.15) is 5.82 Å². The number of nitrogens with zero attached hydrogens (tertiary/aromatic N) is 4. The Kier molecular flexibility index (Phi) is 4.75. The zero-order valence-corrected chi connectivity index (χ0v) is 15.7. The van der Waals surface area contributed by atoms with Crippen LogP contribution in [0.5, 0.6) is 0 Å². The molecule has 0 saturated carbocycles. The molecule has 3 rings (SSSR count). The van der Waals surface area contributed by atoms with Crippen molar-refractivity contribution in [2.75, 3.05) is 18.4 Å². The number of nitrogens with one attached hydrogen (secondary N) is 1. The van der Waals surface area contributed by atoms with Gasteiger partial charge < -0.3 is 10.0 Å². The lowest BCUT2D eigenvalue weighted by molar-refractivity contribution is 0.176. The second-order valence-corrected chi connectivity index (χ2v) is 8.27. The van der Waals surface area contributed by atoms with Crippen molar-refractivity contribution in [1.82, 2.24) is 19.9 Å². The number of thiazole rings is 1. The van der Waals surface area contributed by atoms with Crippen molar-refractivity contribution in [3.63, 3.8) is 0 Å². The fourth-order valence-corrected chi connectivity index (χ4v) is 3.56. The van der Waals surface area contributed by atoms with Crippen LogP contribution in [0.4, 0.5) is 9.93 Å². The smallest absolute Gasteiger partial charge is 0.323 e. The second kappa shape index (κ2) is 6.68. The van der Waals surface area contributed by atoms with Gasteiger partial charge in [0.25, 0.3) is 0 Å². The van der Waals surface area contributed by atoms with Crippen molar-refractivity contribution >= 4 is 22.5 Å². The summed E-state index contributed by atoms with van der Waals surface area (Å²) in [5.74, 6) is 0.773. The number of aryl methyl sites for hydroxylation is 1. The van der Waals surface area contributed by atoms with Gasteiger partial charge in [0.2, 0.25) is 0 Å². The lowest BCUT2D eigenvalue weighted by atomic mass is 9.95. The first-order chi connectivity index (χ1) is 11.7. The predicted molar refractivity (Wildman–Crippen MR) is 97.8 cm³/mol. The lowest BCUT2D eigenvalue weighted by Crippen LogP contribution is -2.33. The Morgan fingerprint density at radius 2 is 2.16 bits per heavy atom. The molecule has 0 aromatic carbocycles. The molecule has 1 unspecified atom stereocenters. The van der Waals surface area contributed by atoms with Gasteiger partial charge in [0.15, 0.2) is 5.13 Å². The number of carbonyl (C=O) groups is 1. The molecular formula is C17H23N5O2S. The fourth-order valence-electron chi connectivity index (χ4n) is 2.63. The zero-order valence-electron chi connectivity index (χ0n) is 14.9. The van der Waals surface area contributed by atoms with E-state index in [1.807, 2.05) is 13.0 Å². The number of aliphatic hydroxyl groups is 1. The Balaban J connectivity index is 1.80. The summed E-state index contributed by atoms with van der Waals surface area (Å²) in [5, 5.41) is 12.9. The van der Waals surface area contributed by atoms with Crippen LogP contribution in [0.1, 0.15) is 38.7 Å². The van der Waals surface area contributed by atoms with Crippen molar-refractivity contribution in [3.05, 3.63) is 23.8 Å². The number of hydrogen-bond acceptors (Lipinski definition) is 6. The highest BCUT2D eigenvalue weighted by Crippen LogP contribution is 2.32. The molecule has 0 spiro atoms. The Morgan fingerprint density at radius 3 is 2.80 bits per heavy atom. The fraction of sp³-hybridized carbons (Fsp3) is 0.529. The Bertz CT molecular complexity index is 784. The third-order valence-corrected chi connectivity index (χ3v) is 5.12. The summed E-state index contributed by atoms with van der Waals surface area (Å²) < 4.78 is 0. The highest BCUT2D eigenvalue weighted by atomic mass is 32.1. The van der Waals surface area contributed by atoms with Crippen molar-refractivity contribution in [2.45, 2.75) is 45.6 Å². The number of rotatable bonds is 2. The minimum atomic E-state index is -0.434. The Hall–Kier alpha value is -2.06. The van der Waals surface area contributed by atoms with Crippen LogP contribution in [0.25, 0.3) is 10.6 Å². The lowest BCUT2D eigenvalue weighted by Gasteiger charge is -2.16. The van der Waals surface area contributed by atoms with Crippen LogP contribution >= 0.6 is 11.3 Å². The van der Waals surface area contributed by atoms with Gasteiger partial charge in [-0.1, -0.05) is 32.1 Å². The molecular weight excluding hydrogens is 338 g/mol. The second-order valence-electron chi connectivity index (χ2n) is 7.27. The predicted octanol–water partition coefficient (Wildman–Crippen LogP) is 2.80. The van der Waals surface area contributed by atoms with Crippen LogP contribution in [0.3, 0.4) is 0 Å². The van der Waals surface area contributed by atoms with Gasteiger partial charge in [0, 0.05) is 24.7 Å². The van der Waals surface area contributed by atoms with E-state index in [-0.39, 0.29) is 11.4 Å². The zero-order chi connectivity index (χ0) is 18.2. The molecule has 3 heterocycles. The van der Waals surface area contributed by atoms with Crippen LogP contribution in [-0.2, 0) is 5.41 Å². The van der Waals surface area contributed by atoms with E-state index in [1.165, 1.54) is 11.3 Å². The number of likely N-dealkylation sites (tertiary alicyclic amines) is 1. The molecule has 25 heavy (non-hydrogen) atoms. The highest BCUT2D eigenvalue weighted by Gasteiger charge is 2.25. The molecule has 1 atom stereocenters. The minimum absolute atomic E-state index is 0.137. The number of urea groups is 1. The maximum atomic E-state index is 12.2. The molecule has 2 N–H and O–H groups in total. The molecule has 1 aliphatic rings. The van der Waals surface area contributed by atoms with Gasteiger partial charge in [0.05, 0.1) is 22.4 Å². The average Bonchev–Trinajstić information content (AvgIpc) is 3.12. The summed E-state index contributed by atoms with van der Waals surface area (Å²) in [7, 11) is 0. The molecule has 134 valence electrons. The van der Waals surface area contributed by atoms with E-state index in [4.69, 9.17) is 0 Å². The molecule has 0 bridgehead atoms. The van der Waals surface area contributed by atoms with Crippen LogP contribution in [-0.4, -0.2) is 50.2 Å². The third-order valence-electron chi connectivity index (χ3n) is 4.02. The standard InChI is InChI=1S/C17H23N5O2S/c1-10-13(12-5-7-18-14(20-12)17(2,3)4)25-15(19-10)21-16(24)22-8-6-11(23)9-22/h5,7,11,23H,6,8-9H2,1-4H3,(H,19,21,24). The molecule has 7 nitrogen and oxygen atoms in total. The molecule has 1 saturated heterocycles. The number of hydrogen-bond donors (Lipinski definition) is 2. The van der Waals surface area contributed by atoms with E-state index in [0.717, 1.165) is 22.1 Å². The van der Waals surface area contributed by atoms with E-state index >= 15 is 0 Å². The summed E-state index contributed by atoms with van der Waals surface area (Å²) in [5.41, 5.74) is 1.50. The van der Waals surface area contributed by atoms with Gasteiger partial charge in [-0.15, -0.1) is 0 Å². The molecule has 2 amide bonds. The van der Waals surface area contributed by atoms with Crippen molar-refractivity contribution in [3.8, 4) is 10.6 Å². The molecule has 0 aliphatic carbocycles. The summed E-state index contributed by atoms with van der Waals surface area (Å²) in [6, 6.07) is 1.63. The SMILES string of the molecule is Cc1nc(NC(=O)N2CCC(O)C2)sc1-c1ccnc(C(C)(C)C)n1. The van der Waals surface area contributed by atoms with Gasteiger partial charge in [-0.2, -0.15) is 0 Å². The van der Waals surface area contributed by atoms with Gasteiger partial charge >= 0.3 is 6.03 Å². The molecule has 1 fully saturated rings.